The largest absolute Gasteiger partial charge is 0.365 e. The Hall–Kier alpha value is -3.06. The Bertz CT molecular complexity index is 833. The summed E-state index contributed by atoms with van der Waals surface area (Å²) >= 11 is 0. The number of nitro benzene ring substituents is 1. The molecule has 128 valence electrons. The van der Waals surface area contributed by atoms with Gasteiger partial charge in [-0.2, -0.15) is 10.1 Å². The van der Waals surface area contributed by atoms with Gasteiger partial charge in [0.15, 0.2) is 5.72 Å². The number of hydrazone groups is 1. The first-order valence-electron chi connectivity index (χ1n) is 7.89. The van der Waals surface area contributed by atoms with E-state index < -0.39 is 16.6 Å². The zero-order valence-corrected chi connectivity index (χ0v) is 13.6. The van der Waals surface area contributed by atoms with Crippen LogP contribution in [0.3, 0.4) is 0 Å². The first-order chi connectivity index (χ1) is 12.0. The molecule has 0 bridgehead atoms. The molecule has 0 fully saturated rings. The van der Waals surface area contributed by atoms with E-state index >= 15 is 0 Å². The monoisotopic (exact) mass is 339 g/mol. The maximum atomic E-state index is 12.9. The molecule has 1 aliphatic rings. The minimum atomic E-state index is -1.56. The summed E-state index contributed by atoms with van der Waals surface area (Å²) in [4.78, 5) is 23.1. The van der Waals surface area contributed by atoms with E-state index in [0.717, 1.165) is 5.01 Å². The van der Waals surface area contributed by atoms with Gasteiger partial charge in [0.2, 0.25) is 0 Å². The topological polar surface area (TPSA) is 96.0 Å². The van der Waals surface area contributed by atoms with E-state index in [0.29, 0.717) is 17.7 Å². The number of carbonyl (C=O) groups is 1. The predicted octanol–water partition coefficient (Wildman–Crippen LogP) is 3.05. The smallest absolute Gasteiger partial charge is 0.276 e. The highest BCUT2D eigenvalue weighted by Gasteiger charge is 2.45. The van der Waals surface area contributed by atoms with Crippen LogP contribution in [0.5, 0.6) is 0 Å². The molecule has 25 heavy (non-hydrogen) atoms. The van der Waals surface area contributed by atoms with Crippen molar-refractivity contribution in [1.82, 2.24) is 5.01 Å². The van der Waals surface area contributed by atoms with Gasteiger partial charge in [-0.15, -0.1) is 0 Å². The minimum absolute atomic E-state index is 0.103. The normalized spacial score (nSPS) is 19.6. The molecule has 0 radical (unpaired) electrons. The molecule has 0 spiro atoms. The lowest BCUT2D eigenvalue weighted by molar-refractivity contribution is -0.384. The zero-order chi connectivity index (χ0) is 18.0. The molecule has 2 aromatic carbocycles. The number of non-ortho nitro benzene ring substituents is 1. The Labute approximate surface area is 144 Å². The van der Waals surface area contributed by atoms with Gasteiger partial charge in [0, 0.05) is 35.4 Å². The Kier molecular flexibility index (Phi) is 4.33. The van der Waals surface area contributed by atoms with Crippen LogP contribution in [0.4, 0.5) is 5.69 Å². The van der Waals surface area contributed by atoms with Gasteiger partial charge in [-0.1, -0.05) is 37.3 Å². The van der Waals surface area contributed by atoms with Crippen molar-refractivity contribution in [2.24, 2.45) is 5.10 Å². The number of nitrogens with zero attached hydrogens (tertiary/aromatic N) is 3. The lowest BCUT2D eigenvalue weighted by Gasteiger charge is -2.31. The first-order valence-corrected chi connectivity index (χ1v) is 7.89. The highest BCUT2D eigenvalue weighted by atomic mass is 16.6. The third-order valence-corrected chi connectivity index (χ3v) is 4.20. The minimum Gasteiger partial charge on any atom is -0.365 e. The van der Waals surface area contributed by atoms with Crippen molar-refractivity contribution < 1.29 is 14.8 Å². The molecule has 1 atom stereocenters. The number of hydrogen-bond acceptors (Lipinski definition) is 5. The van der Waals surface area contributed by atoms with E-state index in [1.807, 2.05) is 13.0 Å². The summed E-state index contributed by atoms with van der Waals surface area (Å²) in [5.41, 5.74) is -0.167. The number of rotatable bonds is 4. The second kappa shape index (κ2) is 6.45. The van der Waals surface area contributed by atoms with E-state index in [-0.39, 0.29) is 17.7 Å². The molecular formula is C18H17N3O4. The van der Waals surface area contributed by atoms with Gasteiger partial charge in [-0.3, -0.25) is 14.9 Å². The van der Waals surface area contributed by atoms with E-state index in [2.05, 4.69) is 5.10 Å². The Morgan fingerprint density at radius 2 is 1.88 bits per heavy atom. The van der Waals surface area contributed by atoms with E-state index in [1.54, 1.807) is 24.3 Å². The van der Waals surface area contributed by atoms with Gasteiger partial charge in [-0.05, 0) is 18.6 Å². The van der Waals surface area contributed by atoms with Crippen molar-refractivity contribution in [3.05, 3.63) is 75.8 Å². The van der Waals surface area contributed by atoms with Gasteiger partial charge in [0.05, 0.1) is 4.92 Å². The zero-order valence-electron chi connectivity index (χ0n) is 13.6. The molecule has 3 rings (SSSR count). The molecule has 1 aliphatic heterocycles. The van der Waals surface area contributed by atoms with Gasteiger partial charge < -0.3 is 5.11 Å². The van der Waals surface area contributed by atoms with Gasteiger partial charge in [0.1, 0.15) is 0 Å². The fourth-order valence-electron chi connectivity index (χ4n) is 2.81. The van der Waals surface area contributed by atoms with Crippen molar-refractivity contribution in [2.45, 2.75) is 25.5 Å². The van der Waals surface area contributed by atoms with Crippen LogP contribution in [0, 0.1) is 10.1 Å². The molecule has 0 aromatic heterocycles. The standard InChI is InChI=1S/C18H17N3O4/c1-2-15-12-18(23,14-6-4-3-5-7-14)20(19-15)17(22)13-8-10-16(11-9-13)21(24)25/h3-11,23H,2,12H2,1H3/t18-/m0/s1. The van der Waals surface area contributed by atoms with Gasteiger partial charge in [0.25, 0.3) is 11.6 Å². The fourth-order valence-corrected chi connectivity index (χ4v) is 2.81. The van der Waals surface area contributed by atoms with Crippen molar-refractivity contribution in [3.63, 3.8) is 0 Å². The molecular weight excluding hydrogens is 322 g/mol. The van der Waals surface area contributed by atoms with E-state index in [4.69, 9.17) is 0 Å². The molecule has 0 aliphatic carbocycles. The lowest BCUT2D eigenvalue weighted by atomic mass is 9.96. The van der Waals surface area contributed by atoms with Crippen LogP contribution in [0.25, 0.3) is 0 Å². The number of aliphatic hydroxyl groups is 1. The lowest BCUT2D eigenvalue weighted by Crippen LogP contribution is -2.43. The molecule has 1 amide bonds. The van der Waals surface area contributed by atoms with Gasteiger partial charge in [-0.25, -0.2) is 0 Å². The molecule has 0 saturated heterocycles. The summed E-state index contributed by atoms with van der Waals surface area (Å²) in [7, 11) is 0. The molecule has 1 N–H and O–H groups in total. The molecule has 0 unspecified atom stereocenters. The molecule has 1 heterocycles. The van der Waals surface area contributed by atoms with Crippen LogP contribution in [-0.2, 0) is 5.72 Å². The van der Waals surface area contributed by atoms with Crippen LogP contribution in [-0.4, -0.2) is 26.7 Å². The van der Waals surface area contributed by atoms with Crippen LogP contribution in [0.1, 0.15) is 35.7 Å². The summed E-state index contributed by atoms with van der Waals surface area (Å²) in [5.74, 6) is -0.510. The third kappa shape index (κ3) is 3.01. The Morgan fingerprint density at radius 3 is 2.44 bits per heavy atom. The fraction of sp³-hybridized carbons (Fsp3) is 0.222. The quantitative estimate of drug-likeness (QED) is 0.684. The maximum Gasteiger partial charge on any atom is 0.276 e. The van der Waals surface area contributed by atoms with Crippen LogP contribution in [0.15, 0.2) is 59.7 Å². The van der Waals surface area contributed by atoms with Crippen molar-refractivity contribution in [2.75, 3.05) is 0 Å². The summed E-state index contributed by atoms with van der Waals surface area (Å²) in [6.45, 7) is 1.91. The van der Waals surface area contributed by atoms with Crippen LogP contribution in [0.2, 0.25) is 0 Å². The summed E-state index contributed by atoms with van der Waals surface area (Å²) in [5, 5.41) is 27.3. The average molecular weight is 339 g/mol. The molecule has 2 aromatic rings. The Balaban J connectivity index is 1.98. The van der Waals surface area contributed by atoms with Crippen molar-refractivity contribution >= 4 is 17.3 Å². The van der Waals surface area contributed by atoms with E-state index in [9.17, 15) is 20.0 Å². The first kappa shape index (κ1) is 16.8. The number of carbonyl (C=O) groups excluding carboxylic acids is 1. The second-order valence-electron chi connectivity index (χ2n) is 5.80. The highest BCUT2D eigenvalue weighted by Crippen LogP contribution is 2.37. The molecule has 0 saturated carbocycles. The molecule has 7 heteroatoms. The van der Waals surface area contributed by atoms with Crippen LogP contribution < -0.4 is 0 Å². The number of nitro groups is 1. The second-order valence-corrected chi connectivity index (χ2v) is 5.80. The summed E-state index contributed by atoms with van der Waals surface area (Å²) in [6.07, 6.45) is 0.839. The SMILES string of the molecule is CCC1=NN(C(=O)c2ccc([N+](=O)[O-])cc2)[C@@](O)(c2ccccc2)C1. The average Bonchev–Trinajstić information content (AvgIpc) is 3.00. The van der Waals surface area contributed by atoms with Gasteiger partial charge >= 0.3 is 0 Å². The molecule has 7 nitrogen and oxygen atoms in total. The summed E-state index contributed by atoms with van der Waals surface area (Å²) < 4.78 is 0. The maximum absolute atomic E-state index is 12.9. The van der Waals surface area contributed by atoms with Crippen molar-refractivity contribution in [3.8, 4) is 0 Å². The number of amides is 1. The highest BCUT2D eigenvalue weighted by molar-refractivity contribution is 5.98. The van der Waals surface area contributed by atoms with E-state index in [1.165, 1.54) is 24.3 Å². The van der Waals surface area contributed by atoms with Crippen molar-refractivity contribution in [1.29, 1.82) is 0 Å². The summed E-state index contributed by atoms with van der Waals surface area (Å²) in [6, 6.07) is 14.1. The predicted molar refractivity (Wildman–Crippen MR) is 91.9 cm³/mol. The number of hydrogen-bond donors (Lipinski definition) is 1. The number of benzene rings is 2. The third-order valence-electron chi connectivity index (χ3n) is 4.20. The van der Waals surface area contributed by atoms with Crippen LogP contribution >= 0.6 is 0 Å². The Morgan fingerprint density at radius 1 is 1.24 bits per heavy atom.